The number of carbonyl (C=O) groups is 1. The van der Waals surface area contributed by atoms with E-state index < -0.39 is 0 Å². The Morgan fingerprint density at radius 3 is 2.72 bits per heavy atom. The summed E-state index contributed by atoms with van der Waals surface area (Å²) in [5.74, 6) is 0.537. The van der Waals surface area contributed by atoms with E-state index in [0.717, 1.165) is 0 Å². The summed E-state index contributed by atoms with van der Waals surface area (Å²) in [6.45, 7) is 3.89. The Kier molecular flexibility index (Phi) is 3.57. The van der Waals surface area contributed by atoms with Crippen LogP contribution in [0, 0.1) is 0 Å². The maximum Gasteiger partial charge on any atom is 0.221 e. The molecule has 1 saturated carbocycles. The molecule has 1 aliphatic carbocycles. The Morgan fingerprint density at radius 1 is 1.44 bits per heavy atom. The molecule has 1 aromatic rings. The summed E-state index contributed by atoms with van der Waals surface area (Å²) in [6, 6.07) is 5.95. The molecule has 1 N–H and O–H groups in total. The number of amides is 1. The molecule has 98 valence electrons. The van der Waals surface area contributed by atoms with Crippen molar-refractivity contribution in [3.05, 3.63) is 23.8 Å². The lowest BCUT2D eigenvalue weighted by atomic mass is 9.97. The summed E-state index contributed by atoms with van der Waals surface area (Å²) in [5.41, 5.74) is 2.23. The van der Waals surface area contributed by atoms with Crippen molar-refractivity contribution in [2.45, 2.75) is 32.1 Å². The van der Waals surface area contributed by atoms with Crippen LogP contribution >= 0.6 is 0 Å². The van der Waals surface area contributed by atoms with Gasteiger partial charge in [0, 0.05) is 14.0 Å². The summed E-state index contributed by atoms with van der Waals surface area (Å²) in [4.78, 5) is 11.2. The van der Waals surface area contributed by atoms with Crippen molar-refractivity contribution < 1.29 is 14.3 Å². The van der Waals surface area contributed by atoms with Gasteiger partial charge in [0.1, 0.15) is 5.75 Å². The Labute approximate surface area is 107 Å². The van der Waals surface area contributed by atoms with E-state index in [9.17, 15) is 4.79 Å². The third-order valence-corrected chi connectivity index (χ3v) is 3.32. The van der Waals surface area contributed by atoms with Gasteiger partial charge in [-0.15, -0.1) is 0 Å². The molecule has 0 radical (unpaired) electrons. The number of benzene rings is 1. The number of nitrogens with one attached hydrogen (secondary N) is 1. The zero-order valence-electron chi connectivity index (χ0n) is 11.1. The molecule has 1 fully saturated rings. The van der Waals surface area contributed by atoms with E-state index in [2.05, 4.69) is 18.3 Å². The predicted molar refractivity (Wildman–Crippen MR) is 69.8 cm³/mol. The van der Waals surface area contributed by atoms with Gasteiger partial charge in [0.25, 0.3) is 0 Å². The van der Waals surface area contributed by atoms with Crippen LogP contribution in [-0.2, 0) is 14.9 Å². The first-order chi connectivity index (χ1) is 8.55. The number of anilines is 1. The first-order valence-corrected chi connectivity index (χ1v) is 6.09. The largest absolute Gasteiger partial charge is 0.465 e. The highest BCUT2D eigenvalue weighted by atomic mass is 16.7. The lowest BCUT2D eigenvalue weighted by Crippen LogP contribution is -2.10. The summed E-state index contributed by atoms with van der Waals surface area (Å²) >= 11 is 0. The van der Waals surface area contributed by atoms with Crippen molar-refractivity contribution >= 4 is 11.6 Å². The number of hydrogen-bond donors (Lipinski definition) is 1. The minimum atomic E-state index is -0.102. The number of methoxy groups -OCH3 is 1. The monoisotopic (exact) mass is 249 g/mol. The summed E-state index contributed by atoms with van der Waals surface area (Å²) in [6.07, 6.45) is 2.40. The van der Waals surface area contributed by atoms with Gasteiger partial charge in [-0.1, -0.05) is 13.0 Å². The van der Waals surface area contributed by atoms with Gasteiger partial charge in [-0.05, 0) is 36.0 Å². The molecule has 0 atom stereocenters. The number of ether oxygens (including phenoxy) is 2. The molecule has 4 heteroatoms. The lowest BCUT2D eigenvalue weighted by molar-refractivity contribution is -0.114. The third kappa shape index (κ3) is 2.82. The van der Waals surface area contributed by atoms with Gasteiger partial charge in [-0.2, -0.15) is 0 Å². The van der Waals surface area contributed by atoms with E-state index in [1.54, 1.807) is 7.11 Å². The van der Waals surface area contributed by atoms with Crippen molar-refractivity contribution in [3.8, 4) is 5.75 Å². The second-order valence-corrected chi connectivity index (χ2v) is 5.00. The van der Waals surface area contributed by atoms with Crippen LogP contribution in [0.3, 0.4) is 0 Å². The van der Waals surface area contributed by atoms with E-state index >= 15 is 0 Å². The zero-order valence-corrected chi connectivity index (χ0v) is 11.1. The van der Waals surface area contributed by atoms with Crippen LogP contribution in [0.5, 0.6) is 5.75 Å². The van der Waals surface area contributed by atoms with Crippen molar-refractivity contribution in [3.63, 3.8) is 0 Å². The first kappa shape index (κ1) is 12.9. The van der Waals surface area contributed by atoms with Gasteiger partial charge in [-0.3, -0.25) is 4.79 Å². The van der Waals surface area contributed by atoms with Gasteiger partial charge >= 0.3 is 0 Å². The maximum atomic E-state index is 11.2. The second kappa shape index (κ2) is 4.98. The highest BCUT2D eigenvalue weighted by Gasteiger charge is 2.39. The quantitative estimate of drug-likeness (QED) is 0.816. The molecular formula is C14H19NO3. The molecule has 0 aromatic heterocycles. The number of carbonyl (C=O) groups excluding carboxylic acids is 1. The first-order valence-electron chi connectivity index (χ1n) is 6.09. The predicted octanol–water partition coefficient (Wildman–Crippen LogP) is 2.68. The van der Waals surface area contributed by atoms with Gasteiger partial charge in [0.2, 0.25) is 5.91 Å². The number of hydrogen-bond acceptors (Lipinski definition) is 3. The van der Waals surface area contributed by atoms with Crippen molar-refractivity contribution in [1.82, 2.24) is 0 Å². The van der Waals surface area contributed by atoms with Gasteiger partial charge < -0.3 is 14.8 Å². The van der Waals surface area contributed by atoms with E-state index in [4.69, 9.17) is 9.47 Å². The lowest BCUT2D eigenvalue weighted by Gasteiger charge is -2.15. The molecule has 0 spiro atoms. The van der Waals surface area contributed by atoms with E-state index in [0.29, 0.717) is 11.4 Å². The average molecular weight is 249 g/mol. The van der Waals surface area contributed by atoms with Crippen molar-refractivity contribution in [2.75, 3.05) is 19.2 Å². The third-order valence-electron chi connectivity index (χ3n) is 3.32. The summed E-state index contributed by atoms with van der Waals surface area (Å²) in [7, 11) is 1.57. The van der Waals surface area contributed by atoms with Gasteiger partial charge in [-0.25, -0.2) is 0 Å². The highest BCUT2D eigenvalue weighted by molar-refractivity contribution is 5.90. The van der Waals surface area contributed by atoms with Crippen LogP contribution in [0.15, 0.2) is 18.2 Å². The van der Waals surface area contributed by atoms with Crippen LogP contribution in [-0.4, -0.2) is 19.8 Å². The molecule has 18 heavy (non-hydrogen) atoms. The zero-order chi connectivity index (χ0) is 13.2. The molecule has 0 unspecified atom stereocenters. The normalized spacial score (nSPS) is 16.2. The Bertz CT molecular complexity index is 452. The van der Waals surface area contributed by atoms with Crippen LogP contribution in [0.2, 0.25) is 0 Å². The number of rotatable bonds is 5. The second-order valence-electron chi connectivity index (χ2n) is 5.00. The fraction of sp³-hybridized carbons (Fsp3) is 0.500. The van der Waals surface area contributed by atoms with Crippen LogP contribution < -0.4 is 10.1 Å². The Balaban J connectivity index is 2.26. The SMILES string of the molecule is COCOc1ccc(C2(C)CC2)cc1NC(C)=O. The molecule has 0 aliphatic heterocycles. The van der Waals surface area contributed by atoms with Gasteiger partial charge in [0.05, 0.1) is 5.69 Å². The molecule has 0 heterocycles. The van der Waals surface area contributed by atoms with Gasteiger partial charge in [0.15, 0.2) is 6.79 Å². The maximum absolute atomic E-state index is 11.2. The highest BCUT2D eigenvalue weighted by Crippen LogP contribution is 2.48. The fourth-order valence-corrected chi connectivity index (χ4v) is 1.92. The molecular weight excluding hydrogens is 230 g/mol. The molecule has 1 amide bonds. The fourth-order valence-electron chi connectivity index (χ4n) is 1.92. The molecule has 0 saturated heterocycles. The van der Waals surface area contributed by atoms with E-state index in [-0.39, 0.29) is 18.1 Å². The summed E-state index contributed by atoms with van der Waals surface area (Å²) < 4.78 is 10.3. The molecule has 1 aromatic carbocycles. The minimum absolute atomic E-state index is 0.102. The summed E-state index contributed by atoms with van der Waals surface area (Å²) in [5, 5.41) is 2.80. The molecule has 1 aliphatic rings. The average Bonchev–Trinajstić information content (AvgIpc) is 3.06. The van der Waals surface area contributed by atoms with Crippen LogP contribution in [0.25, 0.3) is 0 Å². The molecule has 0 bridgehead atoms. The Hall–Kier alpha value is -1.55. The van der Waals surface area contributed by atoms with Crippen molar-refractivity contribution in [1.29, 1.82) is 0 Å². The standard InChI is InChI=1S/C14H19NO3/c1-10(16)15-12-8-11(14(2)6-7-14)4-5-13(12)18-9-17-3/h4-5,8H,6-7,9H2,1-3H3,(H,15,16). The van der Waals surface area contributed by atoms with E-state index in [1.807, 2.05) is 12.1 Å². The molecule has 4 nitrogen and oxygen atoms in total. The molecule has 2 rings (SSSR count). The van der Waals surface area contributed by atoms with Crippen LogP contribution in [0.1, 0.15) is 32.3 Å². The smallest absolute Gasteiger partial charge is 0.221 e. The minimum Gasteiger partial charge on any atom is -0.465 e. The van der Waals surface area contributed by atoms with Crippen LogP contribution in [0.4, 0.5) is 5.69 Å². The van der Waals surface area contributed by atoms with E-state index in [1.165, 1.54) is 25.3 Å². The topological polar surface area (TPSA) is 47.6 Å². The Morgan fingerprint density at radius 2 is 2.17 bits per heavy atom. The van der Waals surface area contributed by atoms with Crippen molar-refractivity contribution in [2.24, 2.45) is 0 Å².